The molecule has 62 valence electrons. The van der Waals surface area contributed by atoms with Gasteiger partial charge in [-0.2, -0.15) is 0 Å². The number of primary sulfonamides is 1. The van der Waals surface area contributed by atoms with E-state index in [0.717, 1.165) is 0 Å². The molecule has 0 rings (SSSR count). The Morgan fingerprint density at radius 3 is 2.10 bits per heavy atom. The molecule has 5 heteroatoms. The standard InChI is InChI=1S/C5H13NO3S/c1-3-5(9-4-2)10(6,7)8/h5H,3-4H2,1-2H3,(H2,6,7,8). The van der Waals surface area contributed by atoms with Gasteiger partial charge in [0.05, 0.1) is 0 Å². The summed E-state index contributed by atoms with van der Waals surface area (Å²) in [4.78, 5) is 0. The zero-order chi connectivity index (χ0) is 8.20. The average molecular weight is 167 g/mol. The smallest absolute Gasteiger partial charge is 0.236 e. The molecule has 0 amide bonds. The van der Waals surface area contributed by atoms with Crippen molar-refractivity contribution in [1.29, 1.82) is 0 Å². The molecule has 0 aromatic heterocycles. The number of hydrogen-bond donors (Lipinski definition) is 1. The van der Waals surface area contributed by atoms with Crippen molar-refractivity contribution in [2.24, 2.45) is 5.14 Å². The molecule has 1 unspecified atom stereocenters. The second kappa shape index (κ2) is 3.90. The topological polar surface area (TPSA) is 69.4 Å². The van der Waals surface area contributed by atoms with Crippen molar-refractivity contribution in [2.75, 3.05) is 6.61 Å². The zero-order valence-corrected chi connectivity index (χ0v) is 7.02. The van der Waals surface area contributed by atoms with Crippen LogP contribution in [0.4, 0.5) is 0 Å². The molecule has 0 spiro atoms. The maximum Gasteiger partial charge on any atom is 0.236 e. The number of ether oxygens (including phenoxy) is 1. The van der Waals surface area contributed by atoms with Gasteiger partial charge in [0.15, 0.2) is 5.44 Å². The van der Waals surface area contributed by atoms with E-state index in [0.29, 0.717) is 13.0 Å². The fourth-order valence-corrected chi connectivity index (χ4v) is 1.42. The molecule has 10 heavy (non-hydrogen) atoms. The Balaban J connectivity index is 4.08. The van der Waals surface area contributed by atoms with Crippen molar-refractivity contribution in [3.8, 4) is 0 Å². The van der Waals surface area contributed by atoms with Crippen molar-refractivity contribution in [2.45, 2.75) is 25.7 Å². The summed E-state index contributed by atoms with van der Waals surface area (Å²) < 4.78 is 26.1. The molecule has 0 aromatic rings. The van der Waals surface area contributed by atoms with Crippen LogP contribution in [-0.2, 0) is 14.8 Å². The minimum atomic E-state index is -3.50. The maximum atomic E-state index is 10.6. The molecular formula is C5H13NO3S. The van der Waals surface area contributed by atoms with Crippen molar-refractivity contribution >= 4 is 10.0 Å². The van der Waals surface area contributed by atoms with Gasteiger partial charge in [-0.25, -0.2) is 13.6 Å². The first kappa shape index (κ1) is 9.87. The van der Waals surface area contributed by atoms with E-state index >= 15 is 0 Å². The lowest BCUT2D eigenvalue weighted by atomic mass is 10.5. The minimum Gasteiger partial charge on any atom is -0.361 e. The fraction of sp³-hybridized carbons (Fsp3) is 1.00. The Labute approximate surface area is 61.4 Å². The third-order valence-corrected chi connectivity index (χ3v) is 2.25. The van der Waals surface area contributed by atoms with Crippen LogP contribution in [0.1, 0.15) is 20.3 Å². The van der Waals surface area contributed by atoms with E-state index < -0.39 is 15.5 Å². The van der Waals surface area contributed by atoms with Gasteiger partial charge in [-0.05, 0) is 13.3 Å². The van der Waals surface area contributed by atoms with E-state index in [9.17, 15) is 8.42 Å². The Bertz CT molecular complexity index is 175. The summed E-state index contributed by atoms with van der Waals surface area (Å²) in [6.07, 6.45) is 0.396. The average Bonchev–Trinajstić information content (AvgIpc) is 1.80. The molecule has 0 radical (unpaired) electrons. The van der Waals surface area contributed by atoms with Gasteiger partial charge in [0.25, 0.3) is 0 Å². The third kappa shape index (κ3) is 3.14. The Morgan fingerprint density at radius 1 is 1.50 bits per heavy atom. The van der Waals surface area contributed by atoms with Crippen LogP contribution in [0.15, 0.2) is 0 Å². The Kier molecular flexibility index (Phi) is 3.85. The van der Waals surface area contributed by atoms with Gasteiger partial charge < -0.3 is 4.74 Å². The van der Waals surface area contributed by atoms with Crippen molar-refractivity contribution in [3.05, 3.63) is 0 Å². The highest BCUT2D eigenvalue weighted by atomic mass is 32.2. The molecule has 0 bridgehead atoms. The van der Waals surface area contributed by atoms with Gasteiger partial charge in [0.2, 0.25) is 10.0 Å². The van der Waals surface area contributed by atoms with Gasteiger partial charge >= 0.3 is 0 Å². The van der Waals surface area contributed by atoms with Crippen LogP contribution in [-0.4, -0.2) is 20.5 Å². The molecular weight excluding hydrogens is 154 g/mol. The van der Waals surface area contributed by atoms with Crippen LogP contribution in [0.3, 0.4) is 0 Å². The maximum absolute atomic E-state index is 10.6. The summed E-state index contributed by atoms with van der Waals surface area (Å²) in [5, 5.41) is 4.82. The van der Waals surface area contributed by atoms with E-state index in [4.69, 9.17) is 9.88 Å². The van der Waals surface area contributed by atoms with E-state index in [2.05, 4.69) is 0 Å². The van der Waals surface area contributed by atoms with Gasteiger partial charge in [-0.3, -0.25) is 0 Å². The van der Waals surface area contributed by atoms with E-state index in [1.165, 1.54) is 0 Å². The molecule has 1 atom stereocenters. The Hall–Kier alpha value is -0.130. The van der Waals surface area contributed by atoms with E-state index in [1.807, 2.05) is 0 Å². The SMILES string of the molecule is CCOC(CC)S(N)(=O)=O. The van der Waals surface area contributed by atoms with Gasteiger partial charge in [-0.15, -0.1) is 0 Å². The molecule has 0 fully saturated rings. The predicted molar refractivity (Wildman–Crippen MR) is 38.8 cm³/mol. The second-order valence-electron chi connectivity index (χ2n) is 1.88. The lowest BCUT2D eigenvalue weighted by Crippen LogP contribution is -2.30. The highest BCUT2D eigenvalue weighted by molar-refractivity contribution is 7.89. The first-order chi connectivity index (χ1) is 4.52. The molecule has 0 saturated carbocycles. The van der Waals surface area contributed by atoms with Crippen LogP contribution in [0, 0.1) is 0 Å². The highest BCUT2D eigenvalue weighted by Gasteiger charge is 2.18. The van der Waals surface area contributed by atoms with Gasteiger partial charge in [0, 0.05) is 6.61 Å². The minimum absolute atomic E-state index is 0.370. The van der Waals surface area contributed by atoms with Crippen molar-refractivity contribution < 1.29 is 13.2 Å². The van der Waals surface area contributed by atoms with Crippen LogP contribution < -0.4 is 5.14 Å². The summed E-state index contributed by atoms with van der Waals surface area (Å²) >= 11 is 0. The summed E-state index contributed by atoms with van der Waals surface area (Å²) in [6.45, 7) is 3.81. The first-order valence-electron chi connectivity index (χ1n) is 3.15. The molecule has 0 saturated heterocycles. The fourth-order valence-electron chi connectivity index (χ4n) is 0.631. The van der Waals surface area contributed by atoms with E-state index in [-0.39, 0.29) is 0 Å². The molecule has 2 N–H and O–H groups in total. The number of hydrogen-bond acceptors (Lipinski definition) is 3. The number of nitrogens with two attached hydrogens (primary N) is 1. The largest absolute Gasteiger partial charge is 0.361 e. The number of sulfonamides is 1. The van der Waals surface area contributed by atoms with Crippen LogP contribution >= 0.6 is 0 Å². The molecule has 0 aliphatic carbocycles. The van der Waals surface area contributed by atoms with Gasteiger partial charge in [-0.1, -0.05) is 6.92 Å². The molecule has 0 aliphatic heterocycles. The monoisotopic (exact) mass is 167 g/mol. The molecule has 0 aliphatic rings. The van der Waals surface area contributed by atoms with E-state index in [1.54, 1.807) is 13.8 Å². The summed E-state index contributed by atoms with van der Waals surface area (Å²) in [6, 6.07) is 0. The summed E-state index contributed by atoms with van der Waals surface area (Å²) in [5.74, 6) is 0. The second-order valence-corrected chi connectivity index (χ2v) is 3.59. The van der Waals surface area contributed by atoms with Crippen LogP contribution in [0.2, 0.25) is 0 Å². The lowest BCUT2D eigenvalue weighted by Gasteiger charge is -2.10. The normalized spacial score (nSPS) is 15.1. The van der Waals surface area contributed by atoms with Crippen molar-refractivity contribution in [3.63, 3.8) is 0 Å². The Morgan fingerprint density at radius 2 is 2.00 bits per heavy atom. The lowest BCUT2D eigenvalue weighted by molar-refractivity contribution is 0.115. The number of rotatable bonds is 4. The van der Waals surface area contributed by atoms with Gasteiger partial charge in [0.1, 0.15) is 0 Å². The summed E-state index contributed by atoms with van der Waals surface area (Å²) in [7, 11) is -3.50. The summed E-state index contributed by atoms with van der Waals surface area (Å²) in [5.41, 5.74) is -0.836. The van der Waals surface area contributed by atoms with Crippen LogP contribution in [0.5, 0.6) is 0 Å². The zero-order valence-electron chi connectivity index (χ0n) is 6.20. The first-order valence-corrected chi connectivity index (χ1v) is 4.76. The third-order valence-electron chi connectivity index (χ3n) is 1.05. The molecule has 0 heterocycles. The predicted octanol–water partition coefficient (Wildman–Crippen LogP) is 0.0475. The molecule has 0 aromatic carbocycles. The molecule has 4 nitrogen and oxygen atoms in total. The van der Waals surface area contributed by atoms with Crippen LogP contribution in [0.25, 0.3) is 0 Å². The quantitative estimate of drug-likeness (QED) is 0.643. The van der Waals surface area contributed by atoms with Crippen molar-refractivity contribution in [1.82, 2.24) is 0 Å². The highest BCUT2D eigenvalue weighted by Crippen LogP contribution is 2.02.